The van der Waals surface area contributed by atoms with Gasteiger partial charge in [-0.1, -0.05) is 109 Å². The van der Waals surface area contributed by atoms with Gasteiger partial charge in [0.1, 0.15) is 22.3 Å². The molecular formula is C48H29NO2. The molecule has 11 rings (SSSR count). The van der Waals surface area contributed by atoms with E-state index in [1.54, 1.807) is 12.1 Å². The maximum absolute atomic E-state index is 8.81. The lowest BCUT2D eigenvalue weighted by molar-refractivity contribution is 0.656. The molecule has 238 valence electrons. The Balaban J connectivity index is 1.15. The van der Waals surface area contributed by atoms with E-state index in [0.29, 0.717) is 33.5 Å². The highest BCUT2D eigenvalue weighted by Gasteiger charge is 2.19. The van der Waals surface area contributed by atoms with E-state index in [1.807, 2.05) is 60.7 Å². The van der Waals surface area contributed by atoms with Gasteiger partial charge in [0.05, 0.1) is 24.7 Å². The van der Waals surface area contributed by atoms with Crippen molar-refractivity contribution in [1.29, 1.82) is 0 Å². The first-order chi connectivity index (χ1) is 29.4. The molecule has 0 unspecified atom stereocenters. The van der Waals surface area contributed by atoms with Crippen molar-refractivity contribution in [2.75, 3.05) is 0 Å². The second-order valence-electron chi connectivity index (χ2n) is 12.6. The molecule has 8 aromatic carbocycles. The molecule has 0 fully saturated rings. The Morgan fingerprint density at radius 1 is 0.392 bits per heavy atom. The number of fused-ring (bicyclic) bond motifs is 9. The first kappa shape index (κ1) is 20.0. The van der Waals surface area contributed by atoms with E-state index in [2.05, 4.69) is 41.0 Å². The van der Waals surface area contributed by atoms with Crippen LogP contribution in [0.3, 0.4) is 0 Å². The van der Waals surface area contributed by atoms with Crippen molar-refractivity contribution < 1.29 is 22.5 Å². The summed E-state index contributed by atoms with van der Waals surface area (Å²) in [6.07, 6.45) is 0. The number of para-hydroxylation sites is 2. The smallest absolute Gasteiger partial charge is 0.139 e. The molecule has 11 aromatic rings. The van der Waals surface area contributed by atoms with Crippen LogP contribution in [-0.2, 0) is 0 Å². The minimum atomic E-state index is -0.545. The average Bonchev–Trinajstić information content (AvgIpc) is 3.94. The Bertz CT molecular complexity index is 3530. The molecule has 0 saturated heterocycles. The van der Waals surface area contributed by atoms with Crippen LogP contribution in [0, 0.1) is 0 Å². The molecule has 0 saturated carbocycles. The van der Waals surface area contributed by atoms with Crippen LogP contribution in [0.1, 0.15) is 13.7 Å². The van der Waals surface area contributed by atoms with Gasteiger partial charge in [-0.25, -0.2) is 0 Å². The number of aromatic nitrogens is 1. The van der Waals surface area contributed by atoms with Crippen molar-refractivity contribution in [1.82, 2.24) is 4.57 Å². The highest BCUT2D eigenvalue weighted by Crippen LogP contribution is 2.43. The van der Waals surface area contributed by atoms with E-state index in [-0.39, 0.29) is 22.3 Å². The molecule has 0 aliphatic carbocycles. The van der Waals surface area contributed by atoms with Gasteiger partial charge in [0.2, 0.25) is 0 Å². The predicted octanol–water partition coefficient (Wildman–Crippen LogP) is 13.6. The van der Waals surface area contributed by atoms with Gasteiger partial charge < -0.3 is 13.4 Å². The molecule has 3 aromatic heterocycles. The van der Waals surface area contributed by atoms with Gasteiger partial charge in [0, 0.05) is 50.1 Å². The molecule has 0 atom stereocenters. The number of furan rings is 2. The zero-order chi connectivity index (χ0) is 42.2. The Hall–Kier alpha value is -6.84. The van der Waals surface area contributed by atoms with Crippen molar-refractivity contribution in [3.63, 3.8) is 0 Å². The molecule has 0 radical (unpaired) electrons. The fraction of sp³-hybridized carbons (Fsp3) is 0. The number of nitrogens with zero attached hydrogens (tertiary/aromatic N) is 1. The molecule has 0 spiro atoms. The van der Waals surface area contributed by atoms with Crippen LogP contribution in [0.2, 0.25) is 0 Å². The third-order valence-electron chi connectivity index (χ3n) is 9.73. The summed E-state index contributed by atoms with van der Waals surface area (Å²) in [5.74, 6) is 0. The first-order valence-electron chi connectivity index (χ1n) is 21.5. The monoisotopic (exact) mass is 661 g/mol. The first-order valence-corrected chi connectivity index (χ1v) is 16.5. The van der Waals surface area contributed by atoms with Gasteiger partial charge in [0.15, 0.2) is 0 Å². The van der Waals surface area contributed by atoms with Gasteiger partial charge in [-0.2, -0.15) is 0 Å². The lowest BCUT2D eigenvalue weighted by Gasteiger charge is -2.12. The van der Waals surface area contributed by atoms with Gasteiger partial charge in [-0.3, -0.25) is 0 Å². The maximum atomic E-state index is 8.81. The van der Waals surface area contributed by atoms with Crippen molar-refractivity contribution in [2.45, 2.75) is 0 Å². The second-order valence-corrected chi connectivity index (χ2v) is 12.6. The van der Waals surface area contributed by atoms with E-state index < -0.39 is 60.4 Å². The number of benzene rings is 8. The standard InChI is InChI=1S/C48H29NO2/c1-3-12-30(13-4-1)32-24-33(31-14-5-2-6-15-31)26-34(25-32)36-18-11-21-44-48(36)41-28-40-39-23-22-35(27-45(39)51-46(40)29-47(41)50-44)49-42-19-9-7-16-37(42)38-17-8-10-20-43(38)49/h1-29H/i1D,2D,3D,4D,5D,6D,12D,13D,14D,15D. The van der Waals surface area contributed by atoms with Crippen LogP contribution < -0.4 is 0 Å². The van der Waals surface area contributed by atoms with Crippen LogP contribution in [0.25, 0.3) is 105 Å². The van der Waals surface area contributed by atoms with Gasteiger partial charge >= 0.3 is 0 Å². The number of hydrogen-bond acceptors (Lipinski definition) is 2. The quantitative estimate of drug-likeness (QED) is 0.188. The summed E-state index contributed by atoms with van der Waals surface area (Å²) in [4.78, 5) is 0. The highest BCUT2D eigenvalue weighted by atomic mass is 16.3. The minimum Gasteiger partial charge on any atom is -0.456 e. The van der Waals surface area contributed by atoms with Gasteiger partial charge in [-0.15, -0.1) is 0 Å². The number of rotatable bonds is 4. The van der Waals surface area contributed by atoms with E-state index in [4.69, 9.17) is 22.5 Å². The predicted molar refractivity (Wildman–Crippen MR) is 212 cm³/mol. The molecule has 3 heteroatoms. The number of hydrogen-bond donors (Lipinski definition) is 0. The summed E-state index contributed by atoms with van der Waals surface area (Å²) < 4.78 is 101. The van der Waals surface area contributed by atoms with Crippen molar-refractivity contribution in [3.05, 3.63) is 176 Å². The summed E-state index contributed by atoms with van der Waals surface area (Å²) in [7, 11) is 0. The lowest BCUT2D eigenvalue weighted by atomic mass is 9.91. The van der Waals surface area contributed by atoms with Gasteiger partial charge in [-0.05, 0) is 88.0 Å². The molecule has 0 N–H and O–H groups in total. The van der Waals surface area contributed by atoms with Crippen molar-refractivity contribution >= 4 is 65.7 Å². The largest absolute Gasteiger partial charge is 0.456 e. The van der Waals surface area contributed by atoms with E-state index in [9.17, 15) is 0 Å². The zero-order valence-electron chi connectivity index (χ0n) is 36.7. The van der Waals surface area contributed by atoms with Crippen molar-refractivity contribution in [2.24, 2.45) is 0 Å². The third kappa shape index (κ3) is 4.32. The molecule has 0 bridgehead atoms. The average molecular weight is 662 g/mol. The molecule has 0 aliphatic heterocycles. The SMILES string of the molecule is [2H]c1c([2H])c([2H])c(-c2cc(-c3c([2H])c([2H])c([2H])c([2H])c3[2H])cc(-c3cccc4oc5cc6oc7cc(-n8c9ccccc9c9ccccc98)ccc7c6cc5c34)c2)c([2H])c1[2H]. The van der Waals surface area contributed by atoms with Crippen LogP contribution in [0.5, 0.6) is 0 Å². The minimum absolute atomic E-state index is 0.0856. The van der Waals surface area contributed by atoms with E-state index in [1.165, 1.54) is 6.07 Å². The fourth-order valence-corrected chi connectivity index (χ4v) is 7.53. The Kier molecular flexibility index (Phi) is 4.24. The van der Waals surface area contributed by atoms with Crippen LogP contribution in [0.15, 0.2) is 185 Å². The Labute approximate surface area is 307 Å². The Morgan fingerprint density at radius 3 is 1.67 bits per heavy atom. The van der Waals surface area contributed by atoms with Crippen LogP contribution >= 0.6 is 0 Å². The summed E-state index contributed by atoms with van der Waals surface area (Å²) in [6, 6.07) is 32.3. The van der Waals surface area contributed by atoms with Crippen LogP contribution in [-0.4, -0.2) is 4.57 Å². The summed E-state index contributed by atoms with van der Waals surface area (Å²) in [5.41, 5.74) is 6.97. The van der Waals surface area contributed by atoms with E-state index in [0.717, 1.165) is 49.0 Å². The molecule has 0 aliphatic rings. The molecule has 3 nitrogen and oxygen atoms in total. The molecular weight excluding hydrogens is 623 g/mol. The maximum Gasteiger partial charge on any atom is 0.139 e. The van der Waals surface area contributed by atoms with Crippen molar-refractivity contribution in [3.8, 4) is 39.1 Å². The molecule has 0 amide bonds. The highest BCUT2D eigenvalue weighted by molar-refractivity contribution is 6.19. The topological polar surface area (TPSA) is 31.2 Å². The Morgan fingerprint density at radius 2 is 0.980 bits per heavy atom. The molecule has 51 heavy (non-hydrogen) atoms. The lowest BCUT2D eigenvalue weighted by Crippen LogP contribution is -1.93. The van der Waals surface area contributed by atoms with Crippen LogP contribution in [0.4, 0.5) is 0 Å². The normalized spacial score (nSPS) is 14.7. The zero-order valence-corrected chi connectivity index (χ0v) is 26.7. The molecule has 3 heterocycles. The summed E-state index contributed by atoms with van der Waals surface area (Å²) >= 11 is 0. The summed E-state index contributed by atoms with van der Waals surface area (Å²) in [6.45, 7) is 0. The fourth-order valence-electron chi connectivity index (χ4n) is 7.53. The van der Waals surface area contributed by atoms with E-state index >= 15 is 0 Å². The third-order valence-corrected chi connectivity index (χ3v) is 9.73. The van der Waals surface area contributed by atoms with Gasteiger partial charge in [0.25, 0.3) is 0 Å². The summed E-state index contributed by atoms with van der Waals surface area (Å²) in [5, 5.41) is 5.57. The second kappa shape index (κ2) is 10.8.